The van der Waals surface area contributed by atoms with E-state index in [9.17, 15) is 9.59 Å². The van der Waals surface area contributed by atoms with Crippen LogP contribution in [0, 0.1) is 6.92 Å². The topological polar surface area (TPSA) is 84.5 Å². The van der Waals surface area contributed by atoms with Gasteiger partial charge in [-0.3, -0.25) is 20.9 Å². The molecule has 0 aromatic heterocycles. The summed E-state index contributed by atoms with van der Waals surface area (Å²) in [6, 6.07) is 13.9. The Kier molecular flexibility index (Phi) is 15.5. The number of halogens is 3. The number of nitrogens with one attached hydrogen (secondary N) is 1. The molecular weight excluding hydrogens is 453 g/mol. The minimum absolute atomic E-state index is 0. The van der Waals surface area contributed by atoms with Crippen LogP contribution in [0.1, 0.15) is 47.1 Å². The van der Waals surface area contributed by atoms with E-state index in [2.05, 4.69) is 27.8 Å². The fraction of sp³-hybridized carbons (Fsp3) is 0.250. The van der Waals surface area contributed by atoms with Gasteiger partial charge in [0.2, 0.25) is 0 Å². The molecule has 5 nitrogen and oxygen atoms in total. The molecule has 0 saturated heterocycles. The van der Waals surface area contributed by atoms with Gasteiger partial charge in [-0.25, -0.2) is 0 Å². The summed E-state index contributed by atoms with van der Waals surface area (Å²) in [6.45, 7) is 7.89. The third-order valence-corrected chi connectivity index (χ3v) is 3.48. The molecule has 0 fully saturated rings. The number of carbonyl (C=O) groups excluding carboxylic acids is 2. The Bertz CT molecular complexity index is 835. The molecular formula is C20H24Cl3N3O2S. The number of aryl methyl sites for hydroxylation is 1. The number of carbonyl (C=O) groups is 2. The van der Waals surface area contributed by atoms with Crippen molar-refractivity contribution in [1.82, 2.24) is 5.43 Å². The van der Waals surface area contributed by atoms with Crippen LogP contribution < -0.4 is 11.3 Å². The Morgan fingerprint density at radius 3 is 1.93 bits per heavy atom. The summed E-state index contributed by atoms with van der Waals surface area (Å²) in [4.78, 5) is 25.1. The highest BCUT2D eigenvalue weighted by Gasteiger charge is 2.07. The molecule has 0 bridgehead atoms. The number of thiocarbonyl (C=S) groups is 1. The zero-order chi connectivity index (χ0) is 21.7. The van der Waals surface area contributed by atoms with Gasteiger partial charge in [0.05, 0.1) is 16.4 Å². The fourth-order valence-corrected chi connectivity index (χ4v) is 1.90. The predicted octanol–water partition coefficient (Wildman–Crippen LogP) is 5.84. The molecule has 0 aliphatic heterocycles. The van der Waals surface area contributed by atoms with Crippen molar-refractivity contribution in [3.8, 4) is 0 Å². The van der Waals surface area contributed by atoms with E-state index in [1.165, 1.54) is 0 Å². The Balaban J connectivity index is 0. The number of nitrogens with two attached hydrogens (primary N) is 1. The number of rotatable bonds is 3. The standard InChI is InChI=1S/C9H6ClNOS.C7H5ClO.C4H12N2.ClH/c1-6-2-3-8(11-5-13)7(4-6)9(10)12;8-7(9)6-4-2-1-3-5-6;1-4(2,3)6-5;/h2-4H,1H3;1-5H;6H,5H2,1-3H3;1H. The van der Waals surface area contributed by atoms with Crippen LogP contribution in [0.25, 0.3) is 0 Å². The second kappa shape index (κ2) is 15.2. The molecule has 2 aromatic carbocycles. The minimum atomic E-state index is -0.535. The molecule has 2 aromatic rings. The third-order valence-electron chi connectivity index (χ3n) is 2.96. The Hall–Kier alpha value is -1.63. The summed E-state index contributed by atoms with van der Waals surface area (Å²) in [5.41, 5.74) is 4.98. The molecule has 0 radical (unpaired) electrons. The highest BCUT2D eigenvalue weighted by atomic mass is 35.5. The number of aliphatic imine (C=N–C) groups is 1. The van der Waals surface area contributed by atoms with Crippen molar-refractivity contribution in [2.24, 2.45) is 10.8 Å². The molecule has 3 N–H and O–H groups in total. The van der Waals surface area contributed by atoms with Crippen molar-refractivity contribution in [2.45, 2.75) is 33.2 Å². The third kappa shape index (κ3) is 14.1. The number of hydrogen-bond donors (Lipinski definition) is 2. The van der Waals surface area contributed by atoms with Crippen molar-refractivity contribution in [3.63, 3.8) is 0 Å². The predicted molar refractivity (Wildman–Crippen MR) is 127 cm³/mol. The van der Waals surface area contributed by atoms with Crippen molar-refractivity contribution in [2.75, 3.05) is 0 Å². The van der Waals surface area contributed by atoms with Crippen LogP contribution in [0.2, 0.25) is 0 Å². The maximum absolute atomic E-state index is 10.9. The Labute approximate surface area is 193 Å². The van der Waals surface area contributed by atoms with Gasteiger partial charge in [-0.1, -0.05) is 42.0 Å². The van der Waals surface area contributed by atoms with Crippen molar-refractivity contribution in [1.29, 1.82) is 0 Å². The SMILES string of the molecule is CC(C)(C)NN.Cc1ccc(N=C=S)c(C(=O)Cl)c1.Cl.O=C(Cl)c1ccccc1. The summed E-state index contributed by atoms with van der Waals surface area (Å²) >= 11 is 15.0. The van der Waals surface area contributed by atoms with Crippen LogP contribution >= 0.6 is 47.8 Å². The first kappa shape index (κ1) is 29.6. The van der Waals surface area contributed by atoms with Gasteiger partial charge < -0.3 is 0 Å². The zero-order valence-electron chi connectivity index (χ0n) is 16.5. The van der Waals surface area contributed by atoms with E-state index >= 15 is 0 Å². The molecule has 9 heteroatoms. The van der Waals surface area contributed by atoms with Gasteiger partial charge in [-0.15, -0.1) is 12.4 Å². The number of nitrogens with zero attached hydrogens (tertiary/aromatic N) is 1. The van der Waals surface area contributed by atoms with Crippen molar-refractivity contribution >= 4 is 69.2 Å². The van der Waals surface area contributed by atoms with E-state index in [1.807, 2.05) is 39.8 Å². The van der Waals surface area contributed by atoms with E-state index in [0.29, 0.717) is 16.8 Å². The number of hydrogen-bond acceptors (Lipinski definition) is 6. The summed E-state index contributed by atoms with van der Waals surface area (Å²) in [5, 5.41) is 1.25. The minimum Gasteiger partial charge on any atom is -0.276 e. The lowest BCUT2D eigenvalue weighted by atomic mass is 10.1. The monoisotopic (exact) mass is 475 g/mol. The largest absolute Gasteiger partial charge is 0.276 e. The van der Waals surface area contributed by atoms with E-state index < -0.39 is 10.5 Å². The second-order valence-electron chi connectivity index (χ2n) is 6.53. The molecule has 0 spiro atoms. The molecule has 0 saturated carbocycles. The average Bonchev–Trinajstić information content (AvgIpc) is 2.64. The Morgan fingerprint density at radius 1 is 1.07 bits per heavy atom. The molecule has 158 valence electrons. The summed E-state index contributed by atoms with van der Waals surface area (Å²) in [5.74, 6) is 5.06. The summed E-state index contributed by atoms with van der Waals surface area (Å²) in [7, 11) is 0. The van der Waals surface area contributed by atoms with Crippen molar-refractivity contribution < 1.29 is 9.59 Å². The number of isothiocyanates is 1. The fourth-order valence-electron chi connectivity index (χ4n) is 1.52. The van der Waals surface area contributed by atoms with Gasteiger partial charge in [-0.05, 0) is 75.2 Å². The number of hydrazine groups is 1. The Morgan fingerprint density at radius 2 is 1.59 bits per heavy atom. The highest BCUT2D eigenvalue weighted by Crippen LogP contribution is 2.21. The van der Waals surface area contributed by atoms with Crippen molar-refractivity contribution in [3.05, 3.63) is 65.2 Å². The van der Waals surface area contributed by atoms with Gasteiger partial charge in [-0.2, -0.15) is 4.99 Å². The molecule has 29 heavy (non-hydrogen) atoms. The first-order valence-corrected chi connectivity index (χ1v) is 9.29. The normalized spacial score (nSPS) is 9.34. The summed E-state index contributed by atoms with van der Waals surface area (Å²) < 4.78 is 0. The van der Waals surface area contributed by atoms with Gasteiger partial charge in [0.15, 0.2) is 0 Å². The van der Waals surface area contributed by atoms with Gasteiger partial charge in [0.25, 0.3) is 10.5 Å². The van der Waals surface area contributed by atoms with Crippen LogP contribution in [0.15, 0.2) is 53.5 Å². The molecule has 0 aliphatic rings. The number of benzene rings is 2. The first-order valence-electron chi connectivity index (χ1n) is 8.12. The lowest BCUT2D eigenvalue weighted by Crippen LogP contribution is -2.41. The van der Waals surface area contributed by atoms with Gasteiger partial charge >= 0.3 is 0 Å². The highest BCUT2D eigenvalue weighted by molar-refractivity contribution is 7.78. The summed E-state index contributed by atoms with van der Waals surface area (Å²) in [6.07, 6.45) is 0. The van der Waals surface area contributed by atoms with Crippen LogP contribution in [0.3, 0.4) is 0 Å². The zero-order valence-corrected chi connectivity index (χ0v) is 19.7. The lowest BCUT2D eigenvalue weighted by Gasteiger charge is -2.14. The van der Waals surface area contributed by atoms with Crippen LogP contribution in [0.5, 0.6) is 0 Å². The van der Waals surface area contributed by atoms with Gasteiger partial charge in [0.1, 0.15) is 0 Å². The average molecular weight is 477 g/mol. The molecule has 0 amide bonds. The molecule has 2 rings (SSSR count). The van der Waals surface area contributed by atoms with E-state index in [4.69, 9.17) is 29.0 Å². The molecule has 0 unspecified atom stereocenters. The first-order chi connectivity index (χ1) is 13.0. The maximum atomic E-state index is 10.9. The smallest absolute Gasteiger partial charge is 0.254 e. The van der Waals surface area contributed by atoms with Gasteiger partial charge in [0, 0.05) is 11.1 Å². The molecule has 0 aliphatic carbocycles. The molecule has 0 atom stereocenters. The van der Waals surface area contributed by atoms with E-state index in [0.717, 1.165) is 5.56 Å². The van der Waals surface area contributed by atoms with E-state index in [-0.39, 0.29) is 17.9 Å². The lowest BCUT2D eigenvalue weighted by molar-refractivity contribution is 0.107. The molecule has 0 heterocycles. The quantitative estimate of drug-likeness (QED) is 0.191. The van der Waals surface area contributed by atoms with Crippen LogP contribution in [-0.2, 0) is 0 Å². The van der Waals surface area contributed by atoms with E-state index in [1.54, 1.807) is 36.4 Å². The second-order valence-corrected chi connectivity index (χ2v) is 7.40. The van der Waals surface area contributed by atoms with Crippen LogP contribution in [-0.4, -0.2) is 21.2 Å². The maximum Gasteiger partial charge on any atom is 0.254 e. The van der Waals surface area contributed by atoms with Crippen LogP contribution in [0.4, 0.5) is 5.69 Å².